The maximum atomic E-state index is 11.1. The Morgan fingerprint density at radius 2 is 1.60 bits per heavy atom. The van der Waals surface area contributed by atoms with Gasteiger partial charge in [-0.3, -0.25) is 4.79 Å². The first-order valence-corrected chi connectivity index (χ1v) is 6.40. The SMILES string of the molecule is CC(=O)CNC12CC3CC(CC(C3)C1)C2. The number of carbonyl (C=O) groups excluding carboxylic acids is 1. The highest BCUT2D eigenvalue weighted by Crippen LogP contribution is 2.55. The normalized spacial score (nSPS) is 47.1. The molecule has 2 nitrogen and oxygen atoms in total. The van der Waals surface area contributed by atoms with Crippen molar-refractivity contribution in [2.24, 2.45) is 17.8 Å². The van der Waals surface area contributed by atoms with Crippen LogP contribution in [0.25, 0.3) is 0 Å². The van der Waals surface area contributed by atoms with Gasteiger partial charge in [0.2, 0.25) is 0 Å². The molecule has 0 radical (unpaired) electrons. The van der Waals surface area contributed by atoms with Crippen LogP contribution < -0.4 is 5.32 Å². The van der Waals surface area contributed by atoms with Crippen molar-refractivity contribution in [1.29, 1.82) is 0 Å². The van der Waals surface area contributed by atoms with Crippen LogP contribution in [-0.2, 0) is 4.79 Å². The molecule has 15 heavy (non-hydrogen) atoms. The third kappa shape index (κ3) is 1.73. The third-order valence-electron chi connectivity index (χ3n) is 4.75. The summed E-state index contributed by atoms with van der Waals surface area (Å²) in [6.45, 7) is 2.28. The van der Waals surface area contributed by atoms with Crippen molar-refractivity contribution in [3.8, 4) is 0 Å². The molecular weight excluding hydrogens is 186 g/mol. The van der Waals surface area contributed by atoms with Crippen LogP contribution >= 0.6 is 0 Å². The van der Waals surface area contributed by atoms with Gasteiger partial charge >= 0.3 is 0 Å². The quantitative estimate of drug-likeness (QED) is 0.768. The van der Waals surface area contributed by atoms with Gasteiger partial charge in [0.1, 0.15) is 5.78 Å². The standard InChI is InChI=1S/C13H21NO/c1-9(15)8-14-13-5-10-2-11(6-13)4-12(3-10)7-13/h10-12,14H,2-8H2,1H3. The molecule has 0 atom stereocenters. The molecule has 0 aromatic heterocycles. The van der Waals surface area contributed by atoms with Crippen LogP contribution in [0, 0.1) is 17.8 Å². The van der Waals surface area contributed by atoms with E-state index in [0.29, 0.717) is 12.1 Å². The van der Waals surface area contributed by atoms with Crippen LogP contribution in [-0.4, -0.2) is 17.9 Å². The molecule has 0 aromatic rings. The van der Waals surface area contributed by atoms with Crippen molar-refractivity contribution in [3.63, 3.8) is 0 Å². The molecule has 4 rings (SSSR count). The van der Waals surface area contributed by atoms with Gasteiger partial charge < -0.3 is 5.32 Å². The van der Waals surface area contributed by atoms with Crippen molar-refractivity contribution in [1.82, 2.24) is 5.32 Å². The highest BCUT2D eigenvalue weighted by molar-refractivity contribution is 5.77. The van der Waals surface area contributed by atoms with Gasteiger partial charge in [-0.25, -0.2) is 0 Å². The molecule has 4 bridgehead atoms. The number of ketones is 1. The molecule has 84 valence electrons. The van der Waals surface area contributed by atoms with E-state index in [1.165, 1.54) is 38.5 Å². The Balaban J connectivity index is 1.72. The Morgan fingerprint density at radius 1 is 1.13 bits per heavy atom. The van der Waals surface area contributed by atoms with Crippen molar-refractivity contribution in [3.05, 3.63) is 0 Å². The van der Waals surface area contributed by atoms with E-state index in [2.05, 4.69) is 5.32 Å². The Bertz CT molecular complexity index is 249. The molecule has 0 aliphatic heterocycles. The molecule has 0 unspecified atom stereocenters. The summed E-state index contributed by atoms with van der Waals surface area (Å²) in [6, 6.07) is 0. The second-order valence-electron chi connectivity index (χ2n) is 6.25. The number of hydrogen-bond donors (Lipinski definition) is 1. The zero-order valence-corrected chi connectivity index (χ0v) is 9.59. The molecule has 2 heteroatoms. The average Bonchev–Trinajstić information content (AvgIpc) is 2.12. The van der Waals surface area contributed by atoms with E-state index in [9.17, 15) is 4.79 Å². The molecule has 0 saturated heterocycles. The van der Waals surface area contributed by atoms with Crippen LogP contribution in [0.4, 0.5) is 0 Å². The molecule has 0 heterocycles. The monoisotopic (exact) mass is 207 g/mol. The maximum absolute atomic E-state index is 11.1. The Kier molecular flexibility index (Phi) is 2.17. The summed E-state index contributed by atoms with van der Waals surface area (Å²) in [5.74, 6) is 3.19. The molecule has 1 N–H and O–H groups in total. The predicted octanol–water partition coefficient (Wildman–Crippen LogP) is 2.13. The topological polar surface area (TPSA) is 29.1 Å². The number of hydrogen-bond acceptors (Lipinski definition) is 2. The summed E-state index contributed by atoms with van der Waals surface area (Å²) in [4.78, 5) is 11.1. The Morgan fingerprint density at radius 3 is 2.00 bits per heavy atom. The van der Waals surface area contributed by atoms with E-state index in [-0.39, 0.29) is 5.78 Å². The lowest BCUT2D eigenvalue weighted by atomic mass is 9.53. The van der Waals surface area contributed by atoms with Gasteiger partial charge in [-0.15, -0.1) is 0 Å². The smallest absolute Gasteiger partial charge is 0.143 e. The van der Waals surface area contributed by atoms with E-state index in [1.54, 1.807) is 6.92 Å². The second-order valence-corrected chi connectivity index (χ2v) is 6.25. The molecule has 0 aromatic carbocycles. The van der Waals surface area contributed by atoms with Crippen LogP contribution in [0.5, 0.6) is 0 Å². The number of rotatable bonds is 3. The van der Waals surface area contributed by atoms with E-state index >= 15 is 0 Å². The highest BCUT2D eigenvalue weighted by atomic mass is 16.1. The van der Waals surface area contributed by atoms with E-state index in [0.717, 1.165) is 17.8 Å². The minimum Gasteiger partial charge on any atom is -0.304 e. The van der Waals surface area contributed by atoms with E-state index < -0.39 is 0 Å². The number of Topliss-reactive ketones (excluding diaryl/α,β-unsaturated/α-hetero) is 1. The van der Waals surface area contributed by atoms with Crippen LogP contribution in [0.3, 0.4) is 0 Å². The molecular formula is C13H21NO. The maximum Gasteiger partial charge on any atom is 0.143 e. The zero-order chi connectivity index (χ0) is 10.5. The summed E-state index contributed by atoms with van der Waals surface area (Å²) in [6.07, 6.45) is 8.44. The van der Waals surface area contributed by atoms with Crippen LogP contribution in [0.15, 0.2) is 0 Å². The second kappa shape index (κ2) is 3.31. The van der Waals surface area contributed by atoms with Crippen LogP contribution in [0.1, 0.15) is 45.4 Å². The summed E-state index contributed by atoms with van der Waals surface area (Å²) in [5.41, 5.74) is 0.362. The molecule has 0 spiro atoms. The fourth-order valence-corrected chi connectivity index (χ4v) is 4.64. The number of nitrogens with one attached hydrogen (secondary N) is 1. The third-order valence-corrected chi connectivity index (χ3v) is 4.75. The molecule has 4 fully saturated rings. The molecule has 4 aliphatic rings. The van der Waals surface area contributed by atoms with Gasteiger partial charge in [-0.1, -0.05) is 0 Å². The molecule has 4 aliphatic carbocycles. The summed E-state index contributed by atoms with van der Waals surface area (Å²) >= 11 is 0. The summed E-state index contributed by atoms with van der Waals surface area (Å²) < 4.78 is 0. The lowest BCUT2D eigenvalue weighted by molar-refractivity contribution is -0.117. The fourth-order valence-electron chi connectivity index (χ4n) is 4.64. The number of carbonyl (C=O) groups is 1. The van der Waals surface area contributed by atoms with Crippen molar-refractivity contribution >= 4 is 5.78 Å². The summed E-state index contributed by atoms with van der Waals surface area (Å²) in [7, 11) is 0. The van der Waals surface area contributed by atoms with Gasteiger partial charge in [0.05, 0.1) is 6.54 Å². The van der Waals surface area contributed by atoms with Crippen molar-refractivity contribution in [2.45, 2.75) is 51.0 Å². The Hall–Kier alpha value is -0.370. The first kappa shape index (κ1) is 9.83. The Labute approximate surface area is 91.8 Å². The first-order chi connectivity index (χ1) is 7.15. The lowest BCUT2D eigenvalue weighted by Gasteiger charge is -2.57. The largest absolute Gasteiger partial charge is 0.304 e. The van der Waals surface area contributed by atoms with E-state index in [4.69, 9.17) is 0 Å². The lowest BCUT2D eigenvalue weighted by Crippen LogP contribution is -2.59. The molecule has 4 saturated carbocycles. The van der Waals surface area contributed by atoms with Gasteiger partial charge in [-0.05, 0) is 63.2 Å². The minimum absolute atomic E-state index is 0.283. The zero-order valence-electron chi connectivity index (χ0n) is 9.59. The van der Waals surface area contributed by atoms with Gasteiger partial charge in [0, 0.05) is 5.54 Å². The minimum atomic E-state index is 0.283. The first-order valence-electron chi connectivity index (χ1n) is 6.40. The summed E-state index contributed by atoms with van der Waals surface area (Å²) in [5, 5.41) is 3.58. The predicted molar refractivity (Wildman–Crippen MR) is 59.6 cm³/mol. The van der Waals surface area contributed by atoms with E-state index in [1.807, 2.05) is 0 Å². The average molecular weight is 207 g/mol. The fraction of sp³-hybridized carbons (Fsp3) is 0.923. The van der Waals surface area contributed by atoms with Crippen molar-refractivity contribution in [2.75, 3.05) is 6.54 Å². The van der Waals surface area contributed by atoms with Crippen molar-refractivity contribution < 1.29 is 4.79 Å². The van der Waals surface area contributed by atoms with Gasteiger partial charge in [0.25, 0.3) is 0 Å². The van der Waals surface area contributed by atoms with Gasteiger partial charge in [0.15, 0.2) is 0 Å². The molecule has 0 amide bonds. The van der Waals surface area contributed by atoms with Gasteiger partial charge in [-0.2, -0.15) is 0 Å². The van der Waals surface area contributed by atoms with Crippen LogP contribution in [0.2, 0.25) is 0 Å². The highest BCUT2D eigenvalue weighted by Gasteiger charge is 2.50.